The highest BCUT2D eigenvalue weighted by Gasteiger charge is 2.19. The number of carbonyl (C=O) groups is 1. The number of aromatic nitrogens is 2. The molecule has 0 radical (unpaired) electrons. The zero-order chi connectivity index (χ0) is 14.4. The van der Waals surface area contributed by atoms with E-state index in [1.165, 1.54) is 0 Å². The summed E-state index contributed by atoms with van der Waals surface area (Å²) < 4.78 is 0. The summed E-state index contributed by atoms with van der Waals surface area (Å²) in [5.74, 6) is 0.406. The molecule has 4 nitrogen and oxygen atoms in total. The predicted molar refractivity (Wildman–Crippen MR) is 82.0 cm³/mol. The zero-order valence-corrected chi connectivity index (χ0v) is 12.3. The molecule has 108 valence electrons. The average molecular weight is 273 g/mol. The second-order valence-electron chi connectivity index (χ2n) is 5.27. The topological polar surface area (TPSA) is 57.8 Å². The van der Waals surface area contributed by atoms with Crippen molar-refractivity contribution in [3.63, 3.8) is 0 Å². The SMILES string of the molecule is CCCC(CCCNC)C(=O)c1ccc2[nH]ncc2c1. The number of hydrogen-bond acceptors (Lipinski definition) is 3. The average Bonchev–Trinajstić information content (AvgIpc) is 2.93. The van der Waals surface area contributed by atoms with Crippen LogP contribution in [0.4, 0.5) is 0 Å². The van der Waals surface area contributed by atoms with Gasteiger partial charge in [0.05, 0.1) is 11.7 Å². The molecule has 2 aromatic rings. The van der Waals surface area contributed by atoms with E-state index in [9.17, 15) is 4.79 Å². The number of fused-ring (bicyclic) bond motifs is 1. The minimum absolute atomic E-state index is 0.137. The Morgan fingerprint density at radius 2 is 2.25 bits per heavy atom. The Balaban J connectivity index is 2.12. The summed E-state index contributed by atoms with van der Waals surface area (Å²) in [6.07, 6.45) is 5.77. The van der Waals surface area contributed by atoms with Crippen molar-refractivity contribution in [3.05, 3.63) is 30.0 Å². The number of hydrogen-bond donors (Lipinski definition) is 2. The van der Waals surface area contributed by atoms with Crippen LogP contribution in [0.5, 0.6) is 0 Å². The molecule has 0 aliphatic carbocycles. The highest BCUT2D eigenvalue weighted by atomic mass is 16.1. The van der Waals surface area contributed by atoms with Crippen molar-refractivity contribution in [3.8, 4) is 0 Å². The van der Waals surface area contributed by atoms with Crippen LogP contribution in [-0.2, 0) is 0 Å². The van der Waals surface area contributed by atoms with E-state index >= 15 is 0 Å². The molecule has 1 heterocycles. The molecule has 1 atom stereocenters. The first-order chi connectivity index (χ1) is 9.76. The van der Waals surface area contributed by atoms with Gasteiger partial charge in [-0.1, -0.05) is 13.3 Å². The van der Waals surface area contributed by atoms with E-state index in [1.807, 2.05) is 25.2 Å². The van der Waals surface area contributed by atoms with Gasteiger partial charge in [0.2, 0.25) is 0 Å². The molecule has 2 N–H and O–H groups in total. The molecule has 0 spiro atoms. The molecule has 0 fully saturated rings. The van der Waals surface area contributed by atoms with Crippen LogP contribution < -0.4 is 5.32 Å². The van der Waals surface area contributed by atoms with Gasteiger partial charge in [-0.3, -0.25) is 9.89 Å². The third kappa shape index (κ3) is 3.45. The number of rotatable bonds is 8. The number of H-pyrrole nitrogens is 1. The van der Waals surface area contributed by atoms with Crippen LogP contribution in [0.1, 0.15) is 43.0 Å². The Kier molecular flexibility index (Phi) is 5.30. The number of nitrogens with one attached hydrogen (secondary N) is 2. The summed E-state index contributed by atoms with van der Waals surface area (Å²) in [5.41, 5.74) is 1.78. The van der Waals surface area contributed by atoms with Crippen LogP contribution >= 0.6 is 0 Å². The van der Waals surface area contributed by atoms with E-state index in [0.717, 1.165) is 48.7 Å². The summed E-state index contributed by atoms with van der Waals surface area (Å²) in [6.45, 7) is 3.10. The van der Waals surface area contributed by atoms with E-state index in [-0.39, 0.29) is 11.7 Å². The highest BCUT2D eigenvalue weighted by Crippen LogP contribution is 2.22. The van der Waals surface area contributed by atoms with Gasteiger partial charge in [0.25, 0.3) is 0 Å². The molecule has 0 aliphatic rings. The van der Waals surface area contributed by atoms with E-state index in [2.05, 4.69) is 22.4 Å². The third-order valence-corrected chi connectivity index (χ3v) is 3.71. The van der Waals surface area contributed by atoms with Crippen LogP contribution in [-0.4, -0.2) is 29.6 Å². The van der Waals surface area contributed by atoms with Crippen molar-refractivity contribution < 1.29 is 4.79 Å². The first-order valence-electron chi connectivity index (χ1n) is 7.38. The van der Waals surface area contributed by atoms with Crippen LogP contribution in [0.15, 0.2) is 24.4 Å². The Hall–Kier alpha value is -1.68. The first-order valence-corrected chi connectivity index (χ1v) is 7.38. The summed E-state index contributed by atoms with van der Waals surface area (Å²) >= 11 is 0. The number of benzene rings is 1. The second kappa shape index (κ2) is 7.20. The fraction of sp³-hybridized carbons (Fsp3) is 0.500. The number of aromatic amines is 1. The normalized spacial score (nSPS) is 12.7. The van der Waals surface area contributed by atoms with Crippen LogP contribution in [0.3, 0.4) is 0 Å². The molecule has 0 bridgehead atoms. The Morgan fingerprint density at radius 1 is 1.40 bits per heavy atom. The van der Waals surface area contributed by atoms with Gasteiger partial charge in [0.15, 0.2) is 5.78 Å². The Labute approximate surface area is 120 Å². The number of nitrogens with zero attached hydrogens (tertiary/aromatic N) is 1. The molecular weight excluding hydrogens is 250 g/mol. The van der Waals surface area contributed by atoms with Crippen LogP contribution in [0.25, 0.3) is 10.9 Å². The molecular formula is C16H23N3O. The molecule has 1 aromatic carbocycles. The van der Waals surface area contributed by atoms with Gasteiger partial charge in [-0.05, 0) is 51.1 Å². The maximum absolute atomic E-state index is 12.6. The van der Waals surface area contributed by atoms with E-state index in [1.54, 1.807) is 6.20 Å². The van der Waals surface area contributed by atoms with Gasteiger partial charge in [0, 0.05) is 16.9 Å². The van der Waals surface area contributed by atoms with E-state index in [4.69, 9.17) is 0 Å². The number of carbonyl (C=O) groups excluding carboxylic acids is 1. The predicted octanol–water partition coefficient (Wildman–Crippen LogP) is 3.16. The standard InChI is InChI=1S/C16H23N3O/c1-3-5-12(6-4-9-17-2)16(20)13-7-8-15-14(10-13)11-18-19-15/h7-8,10-12,17H,3-6,9H2,1-2H3,(H,18,19). The maximum atomic E-state index is 12.6. The van der Waals surface area contributed by atoms with Crippen molar-refractivity contribution in [2.45, 2.75) is 32.6 Å². The Bertz CT molecular complexity index is 562. The fourth-order valence-corrected chi connectivity index (χ4v) is 2.61. The molecule has 4 heteroatoms. The monoisotopic (exact) mass is 273 g/mol. The number of ketones is 1. The molecule has 0 saturated carbocycles. The van der Waals surface area contributed by atoms with Crippen LogP contribution in [0.2, 0.25) is 0 Å². The van der Waals surface area contributed by atoms with Gasteiger partial charge in [-0.15, -0.1) is 0 Å². The molecule has 0 amide bonds. The first kappa shape index (κ1) is 14.7. The highest BCUT2D eigenvalue weighted by molar-refractivity contribution is 6.00. The summed E-state index contributed by atoms with van der Waals surface area (Å²) in [7, 11) is 1.95. The Morgan fingerprint density at radius 3 is 3.00 bits per heavy atom. The van der Waals surface area contributed by atoms with Crippen molar-refractivity contribution in [2.24, 2.45) is 5.92 Å². The minimum Gasteiger partial charge on any atom is -0.320 e. The van der Waals surface area contributed by atoms with E-state index < -0.39 is 0 Å². The molecule has 1 aromatic heterocycles. The fourth-order valence-electron chi connectivity index (χ4n) is 2.61. The smallest absolute Gasteiger partial charge is 0.165 e. The molecule has 2 rings (SSSR count). The van der Waals surface area contributed by atoms with Crippen LogP contribution in [0, 0.1) is 5.92 Å². The molecule has 0 aliphatic heterocycles. The van der Waals surface area contributed by atoms with Gasteiger partial charge in [-0.25, -0.2) is 0 Å². The lowest BCUT2D eigenvalue weighted by molar-refractivity contribution is 0.0904. The van der Waals surface area contributed by atoms with Crippen molar-refractivity contribution >= 4 is 16.7 Å². The molecule has 0 saturated heterocycles. The van der Waals surface area contributed by atoms with Gasteiger partial charge < -0.3 is 5.32 Å². The van der Waals surface area contributed by atoms with E-state index in [0.29, 0.717) is 0 Å². The summed E-state index contributed by atoms with van der Waals surface area (Å²) in [6, 6.07) is 5.79. The zero-order valence-electron chi connectivity index (χ0n) is 12.3. The summed E-state index contributed by atoms with van der Waals surface area (Å²) in [4.78, 5) is 12.6. The van der Waals surface area contributed by atoms with Gasteiger partial charge in [-0.2, -0.15) is 5.10 Å². The molecule has 20 heavy (non-hydrogen) atoms. The quantitative estimate of drug-likeness (QED) is 0.574. The third-order valence-electron chi connectivity index (χ3n) is 3.71. The lowest BCUT2D eigenvalue weighted by Gasteiger charge is -2.15. The maximum Gasteiger partial charge on any atom is 0.165 e. The van der Waals surface area contributed by atoms with Crippen molar-refractivity contribution in [1.29, 1.82) is 0 Å². The van der Waals surface area contributed by atoms with Gasteiger partial charge >= 0.3 is 0 Å². The lowest BCUT2D eigenvalue weighted by Crippen LogP contribution is -2.17. The van der Waals surface area contributed by atoms with Crippen molar-refractivity contribution in [1.82, 2.24) is 15.5 Å². The van der Waals surface area contributed by atoms with Crippen molar-refractivity contribution in [2.75, 3.05) is 13.6 Å². The second-order valence-corrected chi connectivity index (χ2v) is 5.27. The largest absolute Gasteiger partial charge is 0.320 e. The summed E-state index contributed by atoms with van der Waals surface area (Å²) in [5, 5.41) is 11.1. The minimum atomic E-state index is 0.137. The lowest BCUT2D eigenvalue weighted by atomic mass is 9.89. The molecule has 1 unspecified atom stereocenters. The van der Waals surface area contributed by atoms with Gasteiger partial charge in [0.1, 0.15) is 0 Å². The number of Topliss-reactive ketones (excluding diaryl/α,β-unsaturated/α-hetero) is 1.